The van der Waals surface area contributed by atoms with E-state index in [2.05, 4.69) is 64.3 Å². The van der Waals surface area contributed by atoms with Gasteiger partial charge in [-0.05, 0) is 54.7 Å². The van der Waals surface area contributed by atoms with Crippen molar-refractivity contribution in [3.63, 3.8) is 0 Å². The Morgan fingerprint density at radius 3 is 2.65 bits per heavy atom. The molecule has 1 aliphatic carbocycles. The fraction of sp³-hybridized carbons (Fsp3) is 0.684. The molecule has 1 fully saturated rings. The van der Waals surface area contributed by atoms with Crippen LogP contribution in [0.25, 0.3) is 0 Å². The van der Waals surface area contributed by atoms with Gasteiger partial charge >= 0.3 is 0 Å². The molecule has 0 spiro atoms. The quantitative estimate of drug-likeness (QED) is 0.848. The van der Waals surface area contributed by atoms with Crippen LogP contribution in [0.15, 0.2) is 24.3 Å². The average molecular weight is 273 g/mol. The summed E-state index contributed by atoms with van der Waals surface area (Å²) in [5, 5.41) is 3.59. The predicted octanol–water partition coefficient (Wildman–Crippen LogP) is 4.55. The number of nitrogens with one attached hydrogen (secondary N) is 1. The molecular weight excluding hydrogens is 242 g/mol. The molecular formula is C19H31N. The normalized spacial score (nSPS) is 27.6. The minimum absolute atomic E-state index is 0.249. The van der Waals surface area contributed by atoms with E-state index >= 15 is 0 Å². The predicted molar refractivity (Wildman–Crippen MR) is 88.2 cm³/mol. The third-order valence-corrected chi connectivity index (χ3v) is 5.49. The van der Waals surface area contributed by atoms with Gasteiger partial charge in [0.2, 0.25) is 0 Å². The summed E-state index contributed by atoms with van der Waals surface area (Å²) >= 11 is 0. The van der Waals surface area contributed by atoms with Gasteiger partial charge in [-0.2, -0.15) is 0 Å². The molecule has 0 amide bonds. The summed E-state index contributed by atoms with van der Waals surface area (Å²) in [6.07, 6.45) is 5.16. The molecule has 1 saturated carbocycles. The maximum atomic E-state index is 3.59. The van der Waals surface area contributed by atoms with Crippen molar-refractivity contribution in [3.05, 3.63) is 35.4 Å². The van der Waals surface area contributed by atoms with Crippen LogP contribution in [0.3, 0.4) is 0 Å². The van der Waals surface area contributed by atoms with E-state index in [-0.39, 0.29) is 5.41 Å². The van der Waals surface area contributed by atoms with Crippen LogP contribution >= 0.6 is 0 Å². The lowest BCUT2D eigenvalue weighted by Crippen LogP contribution is -2.47. The lowest BCUT2D eigenvalue weighted by atomic mass is 9.63. The molecule has 0 aromatic heterocycles. The van der Waals surface area contributed by atoms with Crippen molar-refractivity contribution >= 4 is 0 Å². The minimum Gasteiger partial charge on any atom is -0.317 e. The molecule has 0 heterocycles. The molecule has 1 aromatic rings. The Bertz CT molecular complexity index is 435. The van der Waals surface area contributed by atoms with E-state index in [0.717, 1.165) is 18.3 Å². The summed E-state index contributed by atoms with van der Waals surface area (Å²) in [5.41, 5.74) is 3.22. The van der Waals surface area contributed by atoms with Gasteiger partial charge in [-0.15, -0.1) is 0 Å². The van der Waals surface area contributed by atoms with Gasteiger partial charge in [-0.1, -0.05) is 58.4 Å². The Labute approximate surface area is 125 Å². The van der Waals surface area contributed by atoms with Crippen LogP contribution in [0, 0.1) is 11.8 Å². The molecule has 1 N–H and O–H groups in total. The van der Waals surface area contributed by atoms with Gasteiger partial charge < -0.3 is 5.32 Å². The maximum Gasteiger partial charge on any atom is 0.0103 e. The van der Waals surface area contributed by atoms with Crippen molar-refractivity contribution in [2.24, 2.45) is 11.8 Å². The van der Waals surface area contributed by atoms with E-state index in [1.54, 1.807) is 0 Å². The van der Waals surface area contributed by atoms with Gasteiger partial charge in [-0.25, -0.2) is 0 Å². The van der Waals surface area contributed by atoms with Crippen molar-refractivity contribution < 1.29 is 0 Å². The summed E-state index contributed by atoms with van der Waals surface area (Å²) in [6, 6.07) is 9.88. The van der Waals surface area contributed by atoms with Crippen LogP contribution in [-0.2, 0) is 11.8 Å². The molecule has 0 aliphatic heterocycles. The second kappa shape index (κ2) is 6.30. The number of hydrogen-bond donors (Lipinski definition) is 1. The summed E-state index contributed by atoms with van der Waals surface area (Å²) in [4.78, 5) is 0. The Balaban J connectivity index is 2.27. The molecule has 1 aliphatic rings. The fourth-order valence-corrected chi connectivity index (χ4v) is 3.97. The molecule has 0 radical (unpaired) electrons. The van der Waals surface area contributed by atoms with Gasteiger partial charge in [0.05, 0.1) is 0 Å². The van der Waals surface area contributed by atoms with Crippen LogP contribution in [-0.4, -0.2) is 13.1 Å². The zero-order valence-corrected chi connectivity index (χ0v) is 13.9. The van der Waals surface area contributed by atoms with Crippen LogP contribution < -0.4 is 5.32 Å². The highest BCUT2D eigenvalue weighted by Gasteiger charge is 2.39. The van der Waals surface area contributed by atoms with Crippen LogP contribution in [0.5, 0.6) is 0 Å². The summed E-state index contributed by atoms with van der Waals surface area (Å²) in [5.74, 6) is 1.59. The highest BCUT2D eigenvalue weighted by Crippen LogP contribution is 2.42. The molecule has 2 rings (SSSR count). The van der Waals surface area contributed by atoms with Crippen molar-refractivity contribution in [3.8, 4) is 0 Å². The van der Waals surface area contributed by atoms with Gasteiger partial charge in [0.1, 0.15) is 0 Å². The number of benzene rings is 1. The first-order chi connectivity index (χ1) is 9.48. The molecule has 3 unspecified atom stereocenters. The Morgan fingerprint density at radius 1 is 1.25 bits per heavy atom. The SMILES string of the molecule is CCc1cccc(C(C)(C)C2CCC(C)CC2NC)c1. The van der Waals surface area contributed by atoms with Crippen LogP contribution in [0.2, 0.25) is 0 Å². The van der Waals surface area contributed by atoms with Crippen LogP contribution in [0.1, 0.15) is 58.1 Å². The van der Waals surface area contributed by atoms with Crippen molar-refractivity contribution in [1.82, 2.24) is 5.32 Å². The molecule has 3 atom stereocenters. The summed E-state index contributed by atoms with van der Waals surface area (Å²) in [6.45, 7) is 9.51. The largest absolute Gasteiger partial charge is 0.317 e. The Kier molecular flexibility index (Phi) is 4.90. The minimum atomic E-state index is 0.249. The number of aryl methyl sites for hydroxylation is 1. The second-order valence-corrected chi connectivity index (χ2v) is 7.20. The van der Waals surface area contributed by atoms with E-state index in [4.69, 9.17) is 0 Å². The first-order valence-corrected chi connectivity index (χ1v) is 8.25. The van der Waals surface area contributed by atoms with E-state index < -0.39 is 0 Å². The van der Waals surface area contributed by atoms with Gasteiger partial charge in [0.25, 0.3) is 0 Å². The average Bonchev–Trinajstić information content (AvgIpc) is 2.46. The zero-order valence-electron chi connectivity index (χ0n) is 13.9. The number of rotatable bonds is 4. The van der Waals surface area contributed by atoms with Crippen LogP contribution in [0.4, 0.5) is 0 Å². The lowest BCUT2D eigenvalue weighted by Gasteiger charge is -2.44. The van der Waals surface area contributed by atoms with Gasteiger partial charge in [0, 0.05) is 6.04 Å². The molecule has 1 nitrogen and oxygen atoms in total. The highest BCUT2D eigenvalue weighted by atomic mass is 14.9. The monoisotopic (exact) mass is 273 g/mol. The molecule has 0 bridgehead atoms. The molecule has 1 aromatic carbocycles. The first-order valence-electron chi connectivity index (χ1n) is 8.25. The molecule has 112 valence electrons. The molecule has 1 heteroatoms. The fourth-order valence-electron chi connectivity index (χ4n) is 3.97. The topological polar surface area (TPSA) is 12.0 Å². The van der Waals surface area contributed by atoms with Crippen molar-refractivity contribution in [2.45, 2.75) is 64.8 Å². The maximum absolute atomic E-state index is 3.59. The highest BCUT2D eigenvalue weighted by molar-refractivity contribution is 5.30. The zero-order chi connectivity index (χ0) is 14.8. The van der Waals surface area contributed by atoms with E-state index in [1.165, 1.54) is 30.4 Å². The van der Waals surface area contributed by atoms with E-state index in [1.807, 2.05) is 0 Å². The third kappa shape index (κ3) is 3.09. The standard InChI is InChI=1S/C19H31N/c1-6-15-8-7-9-16(13-15)19(3,4)17-11-10-14(2)12-18(17)20-5/h7-9,13-14,17-18,20H,6,10-12H2,1-5H3. The molecule has 20 heavy (non-hydrogen) atoms. The Morgan fingerprint density at radius 2 is 2.00 bits per heavy atom. The first kappa shape index (κ1) is 15.6. The lowest BCUT2D eigenvalue weighted by molar-refractivity contribution is 0.151. The summed E-state index contributed by atoms with van der Waals surface area (Å²) in [7, 11) is 2.13. The van der Waals surface area contributed by atoms with Gasteiger partial charge in [-0.3, -0.25) is 0 Å². The van der Waals surface area contributed by atoms with E-state index in [0.29, 0.717) is 6.04 Å². The van der Waals surface area contributed by atoms with Crippen molar-refractivity contribution in [2.75, 3.05) is 7.05 Å². The second-order valence-electron chi connectivity index (χ2n) is 7.20. The Hall–Kier alpha value is -0.820. The van der Waals surface area contributed by atoms with Crippen molar-refractivity contribution in [1.29, 1.82) is 0 Å². The molecule has 0 saturated heterocycles. The van der Waals surface area contributed by atoms with E-state index in [9.17, 15) is 0 Å². The summed E-state index contributed by atoms with van der Waals surface area (Å²) < 4.78 is 0. The third-order valence-electron chi connectivity index (χ3n) is 5.49. The smallest absolute Gasteiger partial charge is 0.0103 e. The van der Waals surface area contributed by atoms with Gasteiger partial charge in [0.15, 0.2) is 0 Å². The number of hydrogen-bond acceptors (Lipinski definition) is 1.